The lowest BCUT2D eigenvalue weighted by Gasteiger charge is -2.24. The van der Waals surface area contributed by atoms with E-state index in [1.165, 1.54) is 23.1 Å². The molecule has 1 aliphatic heterocycles. The van der Waals surface area contributed by atoms with Crippen LogP contribution in [0, 0.1) is 20.8 Å². The quantitative estimate of drug-likeness (QED) is 0.906. The molecule has 19 heavy (non-hydrogen) atoms. The summed E-state index contributed by atoms with van der Waals surface area (Å²) in [6.45, 7) is 7.29. The summed E-state index contributed by atoms with van der Waals surface area (Å²) in [5.74, 6) is 0.203. The monoisotopic (exact) mass is 260 g/mol. The molecule has 104 valence electrons. The van der Waals surface area contributed by atoms with E-state index in [1.807, 2.05) is 11.9 Å². The molecule has 1 unspecified atom stereocenters. The van der Waals surface area contributed by atoms with Gasteiger partial charge in [0.25, 0.3) is 0 Å². The second kappa shape index (κ2) is 5.74. The maximum Gasteiger partial charge on any atom is 0.228 e. The molecule has 0 aromatic heterocycles. The van der Waals surface area contributed by atoms with Gasteiger partial charge in [-0.2, -0.15) is 0 Å². The topological polar surface area (TPSA) is 32.3 Å². The van der Waals surface area contributed by atoms with Crippen LogP contribution in [0.25, 0.3) is 0 Å². The Labute approximate surface area is 116 Å². The number of anilines is 1. The third kappa shape index (κ3) is 3.16. The van der Waals surface area contributed by atoms with E-state index >= 15 is 0 Å². The number of nitrogens with zero attached hydrogens (tertiary/aromatic N) is 1. The number of benzene rings is 1. The molecule has 1 saturated heterocycles. The van der Waals surface area contributed by atoms with Crippen LogP contribution in [0.15, 0.2) is 12.1 Å². The van der Waals surface area contributed by atoms with E-state index in [9.17, 15) is 4.79 Å². The Hall–Kier alpha value is -1.35. The normalized spacial score (nSPS) is 18.6. The SMILES string of the molecule is Cc1cc(C)c(N(C)C(=O)CC2CCCN2)c(C)c1. The van der Waals surface area contributed by atoms with E-state index < -0.39 is 0 Å². The van der Waals surface area contributed by atoms with Gasteiger partial charge in [-0.1, -0.05) is 17.7 Å². The van der Waals surface area contributed by atoms with E-state index in [1.54, 1.807) is 0 Å². The van der Waals surface area contributed by atoms with E-state index in [0.29, 0.717) is 12.5 Å². The highest BCUT2D eigenvalue weighted by Crippen LogP contribution is 2.26. The first-order valence-corrected chi connectivity index (χ1v) is 7.07. The predicted octanol–water partition coefficient (Wildman–Crippen LogP) is 2.72. The highest BCUT2D eigenvalue weighted by atomic mass is 16.2. The van der Waals surface area contributed by atoms with Crippen molar-refractivity contribution in [2.75, 3.05) is 18.5 Å². The van der Waals surface area contributed by atoms with Crippen LogP contribution >= 0.6 is 0 Å². The molecule has 0 saturated carbocycles. The van der Waals surface area contributed by atoms with Crippen molar-refractivity contribution in [1.29, 1.82) is 0 Å². The molecule has 1 amide bonds. The number of hydrogen-bond acceptors (Lipinski definition) is 2. The second-order valence-corrected chi connectivity index (χ2v) is 5.70. The van der Waals surface area contributed by atoms with Gasteiger partial charge in [-0.05, 0) is 51.3 Å². The third-order valence-corrected chi connectivity index (χ3v) is 3.93. The van der Waals surface area contributed by atoms with Crippen molar-refractivity contribution in [3.8, 4) is 0 Å². The molecule has 1 aromatic rings. The van der Waals surface area contributed by atoms with Crippen LogP contribution in [0.2, 0.25) is 0 Å². The zero-order valence-corrected chi connectivity index (χ0v) is 12.4. The van der Waals surface area contributed by atoms with Crippen LogP contribution in [-0.4, -0.2) is 25.5 Å². The molecule has 3 heteroatoms. The predicted molar refractivity (Wildman–Crippen MR) is 79.7 cm³/mol. The van der Waals surface area contributed by atoms with Gasteiger partial charge in [0.1, 0.15) is 0 Å². The molecule has 1 aliphatic rings. The van der Waals surface area contributed by atoms with Gasteiger partial charge in [-0.25, -0.2) is 0 Å². The number of carbonyl (C=O) groups excluding carboxylic acids is 1. The third-order valence-electron chi connectivity index (χ3n) is 3.93. The zero-order valence-electron chi connectivity index (χ0n) is 12.4. The van der Waals surface area contributed by atoms with Gasteiger partial charge in [0.2, 0.25) is 5.91 Å². The summed E-state index contributed by atoms with van der Waals surface area (Å²) in [5, 5.41) is 3.38. The Bertz CT molecular complexity index is 453. The largest absolute Gasteiger partial charge is 0.315 e. The molecule has 0 radical (unpaired) electrons. The highest BCUT2D eigenvalue weighted by Gasteiger charge is 2.22. The van der Waals surface area contributed by atoms with Crippen molar-refractivity contribution in [2.24, 2.45) is 0 Å². The molecule has 1 aromatic carbocycles. The fraction of sp³-hybridized carbons (Fsp3) is 0.562. The summed E-state index contributed by atoms with van der Waals surface area (Å²) in [5.41, 5.74) is 4.66. The maximum atomic E-state index is 12.4. The average Bonchev–Trinajstić information content (AvgIpc) is 2.80. The molecule has 1 N–H and O–H groups in total. The first-order chi connectivity index (χ1) is 8.99. The van der Waals surface area contributed by atoms with Gasteiger partial charge in [-0.3, -0.25) is 4.79 Å². The fourth-order valence-electron chi connectivity index (χ4n) is 3.10. The summed E-state index contributed by atoms with van der Waals surface area (Å²) >= 11 is 0. The molecule has 3 nitrogen and oxygen atoms in total. The van der Waals surface area contributed by atoms with Crippen LogP contribution in [0.1, 0.15) is 36.0 Å². The first-order valence-electron chi connectivity index (χ1n) is 7.07. The van der Waals surface area contributed by atoms with Crippen molar-refractivity contribution in [2.45, 2.75) is 46.1 Å². The molecule has 2 rings (SSSR count). The van der Waals surface area contributed by atoms with Crippen molar-refractivity contribution in [1.82, 2.24) is 5.32 Å². The molecular weight excluding hydrogens is 236 g/mol. The minimum atomic E-state index is 0.203. The minimum Gasteiger partial charge on any atom is -0.315 e. The minimum absolute atomic E-state index is 0.203. The maximum absolute atomic E-state index is 12.4. The summed E-state index contributed by atoms with van der Waals surface area (Å²) in [6.07, 6.45) is 2.90. The van der Waals surface area contributed by atoms with Gasteiger partial charge in [-0.15, -0.1) is 0 Å². The lowest BCUT2D eigenvalue weighted by Crippen LogP contribution is -2.34. The lowest BCUT2D eigenvalue weighted by atomic mass is 10.0. The van der Waals surface area contributed by atoms with E-state index in [4.69, 9.17) is 0 Å². The lowest BCUT2D eigenvalue weighted by molar-refractivity contribution is -0.118. The van der Waals surface area contributed by atoms with Crippen molar-refractivity contribution < 1.29 is 4.79 Å². The number of rotatable bonds is 3. The van der Waals surface area contributed by atoms with Crippen molar-refractivity contribution in [3.63, 3.8) is 0 Å². The van der Waals surface area contributed by atoms with Crippen LogP contribution < -0.4 is 10.2 Å². The van der Waals surface area contributed by atoms with Crippen LogP contribution in [0.5, 0.6) is 0 Å². The smallest absolute Gasteiger partial charge is 0.228 e. The summed E-state index contributed by atoms with van der Waals surface area (Å²) in [7, 11) is 1.89. The number of aryl methyl sites for hydroxylation is 3. The molecule has 1 fully saturated rings. The summed E-state index contributed by atoms with van der Waals surface area (Å²) in [6, 6.07) is 4.64. The zero-order chi connectivity index (χ0) is 14.0. The van der Waals surface area contributed by atoms with Gasteiger partial charge >= 0.3 is 0 Å². The van der Waals surface area contributed by atoms with E-state index in [-0.39, 0.29) is 5.91 Å². The van der Waals surface area contributed by atoms with Crippen LogP contribution in [0.3, 0.4) is 0 Å². The number of amides is 1. The number of hydrogen-bond donors (Lipinski definition) is 1. The first kappa shape index (κ1) is 14.1. The second-order valence-electron chi connectivity index (χ2n) is 5.70. The molecule has 0 bridgehead atoms. The van der Waals surface area contributed by atoms with Gasteiger partial charge in [0.05, 0.1) is 0 Å². The van der Waals surface area contributed by atoms with Crippen LogP contribution in [0.4, 0.5) is 5.69 Å². The Kier molecular flexibility index (Phi) is 4.25. The molecular formula is C16H24N2O. The van der Waals surface area contributed by atoms with Crippen LogP contribution in [-0.2, 0) is 4.79 Å². The van der Waals surface area contributed by atoms with E-state index in [0.717, 1.165) is 18.7 Å². The molecule has 1 heterocycles. The number of nitrogens with one attached hydrogen (secondary N) is 1. The Morgan fingerprint density at radius 2 is 1.95 bits per heavy atom. The van der Waals surface area contributed by atoms with Crippen molar-refractivity contribution in [3.05, 3.63) is 28.8 Å². The standard InChI is InChI=1S/C16H24N2O/c1-11-8-12(2)16(13(3)9-11)18(4)15(19)10-14-6-5-7-17-14/h8-9,14,17H,5-7,10H2,1-4H3. The Morgan fingerprint density at radius 1 is 1.32 bits per heavy atom. The highest BCUT2D eigenvalue weighted by molar-refractivity contribution is 5.94. The Balaban J connectivity index is 2.14. The fourth-order valence-corrected chi connectivity index (χ4v) is 3.10. The van der Waals surface area contributed by atoms with Gasteiger partial charge in [0, 0.05) is 25.2 Å². The molecule has 1 atom stereocenters. The molecule has 0 aliphatic carbocycles. The van der Waals surface area contributed by atoms with E-state index in [2.05, 4.69) is 38.2 Å². The average molecular weight is 260 g/mol. The van der Waals surface area contributed by atoms with Gasteiger partial charge < -0.3 is 10.2 Å². The summed E-state index contributed by atoms with van der Waals surface area (Å²) < 4.78 is 0. The van der Waals surface area contributed by atoms with Crippen molar-refractivity contribution >= 4 is 11.6 Å². The summed E-state index contributed by atoms with van der Waals surface area (Å²) in [4.78, 5) is 14.2. The Morgan fingerprint density at radius 3 is 2.47 bits per heavy atom. The van der Waals surface area contributed by atoms with Gasteiger partial charge in [0.15, 0.2) is 0 Å². The number of carbonyl (C=O) groups is 1. The molecule has 0 spiro atoms.